The van der Waals surface area contributed by atoms with Crippen LogP contribution in [0.1, 0.15) is 13.3 Å². The second-order valence-corrected chi connectivity index (χ2v) is 5.61. The van der Waals surface area contributed by atoms with E-state index < -0.39 is 10.8 Å². The van der Waals surface area contributed by atoms with Gasteiger partial charge in [-0.3, -0.25) is 9.00 Å². The number of carbonyl (C=O) groups is 1. The lowest BCUT2D eigenvalue weighted by molar-refractivity contribution is -0.136. The Morgan fingerprint density at radius 3 is 2.79 bits per heavy atom. The number of carbonyl (C=O) groups excluding carboxylic acids is 1. The third-order valence-corrected chi connectivity index (χ3v) is 4.42. The van der Waals surface area contributed by atoms with Gasteiger partial charge in [0.2, 0.25) is 5.91 Å². The van der Waals surface area contributed by atoms with E-state index in [2.05, 4.69) is 5.32 Å². The van der Waals surface area contributed by atoms with Gasteiger partial charge in [-0.1, -0.05) is 0 Å². The molecule has 2 aliphatic rings. The first kappa shape index (κ1) is 10.1. The van der Waals surface area contributed by atoms with Crippen LogP contribution in [-0.4, -0.2) is 51.7 Å². The van der Waals surface area contributed by atoms with Crippen molar-refractivity contribution in [2.24, 2.45) is 0 Å². The first-order valence-electron chi connectivity index (χ1n) is 5.07. The predicted molar refractivity (Wildman–Crippen MR) is 55.5 cm³/mol. The molecule has 0 aromatic rings. The normalized spacial score (nSPS) is 37.8. The fourth-order valence-electron chi connectivity index (χ4n) is 1.89. The lowest BCUT2D eigenvalue weighted by Gasteiger charge is -2.38. The van der Waals surface area contributed by atoms with E-state index in [0.29, 0.717) is 18.1 Å². The Bertz CT molecular complexity index is 266. The Morgan fingerprint density at radius 1 is 1.57 bits per heavy atom. The van der Waals surface area contributed by atoms with Crippen molar-refractivity contribution in [1.29, 1.82) is 0 Å². The minimum absolute atomic E-state index is 0.0315. The largest absolute Gasteiger partial charge is 0.337 e. The lowest BCUT2D eigenvalue weighted by Crippen LogP contribution is -2.59. The molecule has 2 fully saturated rings. The smallest absolute Gasteiger partial charge is 0.240 e. The second kappa shape index (κ2) is 3.98. The average Bonchev–Trinajstić information content (AvgIpc) is 2.00. The minimum Gasteiger partial charge on any atom is -0.337 e. The summed E-state index contributed by atoms with van der Waals surface area (Å²) in [5.41, 5.74) is 0. The summed E-state index contributed by atoms with van der Waals surface area (Å²) in [5.74, 6) is 1.47. The molecule has 2 aliphatic heterocycles. The Labute approximate surface area is 86.5 Å². The highest BCUT2D eigenvalue weighted by Gasteiger charge is 2.33. The Hall–Kier alpha value is -0.420. The number of amides is 1. The number of hydrogen-bond acceptors (Lipinski definition) is 3. The van der Waals surface area contributed by atoms with Crippen molar-refractivity contribution in [3.8, 4) is 0 Å². The van der Waals surface area contributed by atoms with Crippen LogP contribution in [0.3, 0.4) is 0 Å². The SMILES string of the molecule is CC1CS(=O)CCN1C(=O)[C@H]1CCN1. The van der Waals surface area contributed by atoms with Crippen LogP contribution in [0.5, 0.6) is 0 Å². The van der Waals surface area contributed by atoms with Gasteiger partial charge in [0, 0.05) is 34.9 Å². The molecule has 0 radical (unpaired) electrons. The zero-order chi connectivity index (χ0) is 10.1. The summed E-state index contributed by atoms with van der Waals surface area (Å²) in [6, 6.07) is 0.170. The summed E-state index contributed by atoms with van der Waals surface area (Å²) in [4.78, 5) is 13.7. The Morgan fingerprint density at radius 2 is 2.29 bits per heavy atom. The van der Waals surface area contributed by atoms with E-state index in [-0.39, 0.29) is 18.0 Å². The van der Waals surface area contributed by atoms with Gasteiger partial charge in [0.15, 0.2) is 0 Å². The summed E-state index contributed by atoms with van der Waals surface area (Å²) in [5, 5.41) is 3.11. The summed E-state index contributed by atoms with van der Waals surface area (Å²) < 4.78 is 11.3. The molecular formula is C9H16N2O2S. The summed E-state index contributed by atoms with van der Waals surface area (Å²) in [6.45, 7) is 3.59. The van der Waals surface area contributed by atoms with E-state index in [1.165, 1.54) is 0 Å². The highest BCUT2D eigenvalue weighted by Crippen LogP contribution is 2.13. The van der Waals surface area contributed by atoms with Crippen LogP contribution >= 0.6 is 0 Å². The molecule has 2 saturated heterocycles. The quantitative estimate of drug-likeness (QED) is 0.632. The highest BCUT2D eigenvalue weighted by molar-refractivity contribution is 7.85. The number of rotatable bonds is 1. The molecule has 0 bridgehead atoms. The van der Waals surface area contributed by atoms with E-state index in [1.54, 1.807) is 0 Å². The Balaban J connectivity index is 1.95. The van der Waals surface area contributed by atoms with Crippen molar-refractivity contribution < 1.29 is 9.00 Å². The molecule has 4 nitrogen and oxygen atoms in total. The van der Waals surface area contributed by atoms with Crippen molar-refractivity contribution in [2.75, 3.05) is 24.6 Å². The van der Waals surface area contributed by atoms with Gasteiger partial charge in [0.1, 0.15) is 0 Å². The van der Waals surface area contributed by atoms with Crippen molar-refractivity contribution in [2.45, 2.75) is 25.4 Å². The van der Waals surface area contributed by atoms with Crippen LogP contribution < -0.4 is 5.32 Å². The molecule has 0 aromatic carbocycles. The first-order valence-corrected chi connectivity index (χ1v) is 6.56. The van der Waals surface area contributed by atoms with E-state index >= 15 is 0 Å². The highest BCUT2D eigenvalue weighted by atomic mass is 32.2. The number of nitrogens with zero attached hydrogens (tertiary/aromatic N) is 1. The Kier molecular flexibility index (Phi) is 2.88. The molecule has 1 amide bonds. The minimum atomic E-state index is -0.719. The second-order valence-electron chi connectivity index (χ2n) is 3.99. The molecule has 1 N–H and O–H groups in total. The maximum absolute atomic E-state index is 11.9. The van der Waals surface area contributed by atoms with Crippen LogP contribution in [0.4, 0.5) is 0 Å². The zero-order valence-electron chi connectivity index (χ0n) is 8.36. The third kappa shape index (κ3) is 1.83. The number of hydrogen-bond donors (Lipinski definition) is 1. The maximum Gasteiger partial charge on any atom is 0.240 e. The summed E-state index contributed by atoms with van der Waals surface area (Å²) in [6.07, 6.45) is 0.950. The van der Waals surface area contributed by atoms with Gasteiger partial charge in [0.05, 0.1) is 6.04 Å². The molecule has 80 valence electrons. The van der Waals surface area contributed by atoms with Gasteiger partial charge in [-0.25, -0.2) is 0 Å². The topological polar surface area (TPSA) is 49.4 Å². The van der Waals surface area contributed by atoms with Crippen molar-refractivity contribution >= 4 is 16.7 Å². The molecule has 0 spiro atoms. The zero-order valence-corrected chi connectivity index (χ0v) is 9.18. The molecule has 0 aromatic heterocycles. The molecule has 2 unspecified atom stereocenters. The average molecular weight is 216 g/mol. The maximum atomic E-state index is 11.9. The van der Waals surface area contributed by atoms with Crippen LogP contribution in [-0.2, 0) is 15.6 Å². The first-order chi connectivity index (χ1) is 6.68. The van der Waals surface area contributed by atoms with Crippen LogP contribution in [0.25, 0.3) is 0 Å². The van der Waals surface area contributed by atoms with E-state index in [9.17, 15) is 9.00 Å². The van der Waals surface area contributed by atoms with Gasteiger partial charge in [-0.2, -0.15) is 0 Å². The predicted octanol–water partition coefficient (Wildman–Crippen LogP) is -0.672. The van der Waals surface area contributed by atoms with Gasteiger partial charge in [0.25, 0.3) is 0 Å². The van der Waals surface area contributed by atoms with Gasteiger partial charge in [-0.05, 0) is 19.9 Å². The molecular weight excluding hydrogens is 200 g/mol. The van der Waals surface area contributed by atoms with Crippen molar-refractivity contribution in [3.05, 3.63) is 0 Å². The molecule has 3 atom stereocenters. The van der Waals surface area contributed by atoms with Crippen LogP contribution in [0.15, 0.2) is 0 Å². The lowest BCUT2D eigenvalue weighted by atomic mass is 10.1. The van der Waals surface area contributed by atoms with E-state index in [4.69, 9.17) is 0 Å². The third-order valence-electron chi connectivity index (χ3n) is 2.92. The molecule has 5 heteroatoms. The van der Waals surface area contributed by atoms with E-state index in [0.717, 1.165) is 13.0 Å². The van der Waals surface area contributed by atoms with Crippen molar-refractivity contribution in [3.63, 3.8) is 0 Å². The fourth-order valence-corrected chi connectivity index (χ4v) is 3.17. The van der Waals surface area contributed by atoms with Crippen LogP contribution in [0.2, 0.25) is 0 Å². The molecule has 0 saturated carbocycles. The molecule has 2 rings (SSSR count). The fraction of sp³-hybridized carbons (Fsp3) is 0.889. The molecule has 2 heterocycles. The van der Waals surface area contributed by atoms with Gasteiger partial charge < -0.3 is 10.2 Å². The molecule has 0 aliphatic carbocycles. The summed E-state index contributed by atoms with van der Waals surface area (Å²) >= 11 is 0. The van der Waals surface area contributed by atoms with Crippen molar-refractivity contribution in [1.82, 2.24) is 10.2 Å². The summed E-state index contributed by atoms with van der Waals surface area (Å²) in [7, 11) is -0.719. The standard InChI is InChI=1S/C9H16N2O2S/c1-7-6-14(13)5-4-11(7)9(12)8-2-3-10-8/h7-8,10H,2-6H2,1H3/t7?,8-,14?/m1/s1. The van der Waals surface area contributed by atoms with Gasteiger partial charge >= 0.3 is 0 Å². The number of nitrogens with one attached hydrogen (secondary N) is 1. The van der Waals surface area contributed by atoms with Gasteiger partial charge in [-0.15, -0.1) is 0 Å². The van der Waals surface area contributed by atoms with Crippen LogP contribution in [0, 0.1) is 0 Å². The monoisotopic (exact) mass is 216 g/mol. The van der Waals surface area contributed by atoms with E-state index in [1.807, 2.05) is 11.8 Å². The molecule has 14 heavy (non-hydrogen) atoms.